The minimum absolute atomic E-state index is 0.0195. The van der Waals surface area contributed by atoms with Gasteiger partial charge >= 0.3 is 5.97 Å². The molecule has 1 rings (SSSR count). The molecule has 0 amide bonds. The minimum Gasteiger partial charge on any atom is -0.478 e. The van der Waals surface area contributed by atoms with Crippen LogP contribution >= 0.6 is 15.9 Å². The van der Waals surface area contributed by atoms with Crippen LogP contribution in [0.3, 0.4) is 0 Å². The highest BCUT2D eigenvalue weighted by Gasteiger charge is 2.17. The van der Waals surface area contributed by atoms with E-state index < -0.39 is 17.4 Å². The van der Waals surface area contributed by atoms with Gasteiger partial charge in [-0.2, -0.15) is 0 Å². The normalized spacial score (nSPS) is 9.93. The second-order valence-electron chi connectivity index (χ2n) is 2.88. The monoisotopic (exact) mass is 273 g/mol. The molecule has 0 unspecified atom stereocenters. The maximum Gasteiger partial charge on any atom is 0.336 e. The van der Waals surface area contributed by atoms with Gasteiger partial charge in [0.15, 0.2) is 0 Å². The van der Waals surface area contributed by atoms with E-state index in [-0.39, 0.29) is 11.1 Å². The van der Waals surface area contributed by atoms with Crippen molar-refractivity contribution >= 4 is 21.9 Å². The molecule has 0 aliphatic rings. The van der Waals surface area contributed by atoms with Gasteiger partial charge in [0.1, 0.15) is 0 Å². The molecule has 5 nitrogen and oxygen atoms in total. The van der Waals surface area contributed by atoms with Crippen molar-refractivity contribution in [1.29, 1.82) is 0 Å². The van der Waals surface area contributed by atoms with Gasteiger partial charge in [0.25, 0.3) is 0 Å². The van der Waals surface area contributed by atoms with Crippen LogP contribution in [0.5, 0.6) is 0 Å². The fraction of sp³-hybridized carbons (Fsp3) is 0.222. The van der Waals surface area contributed by atoms with Crippen molar-refractivity contribution in [2.45, 2.75) is 11.9 Å². The molecule has 1 N–H and O–H groups in total. The number of carbonyl (C=O) groups is 1. The van der Waals surface area contributed by atoms with Crippen molar-refractivity contribution in [2.75, 3.05) is 0 Å². The number of carboxylic acid groups (broad SMARTS) is 1. The molecular formula is C9H8BrNO4. The molecule has 0 heterocycles. The lowest BCUT2D eigenvalue weighted by Gasteiger charge is -2.06. The predicted octanol–water partition coefficient (Wildman–Crippen LogP) is 2.06. The number of hydrogen-bond donors (Lipinski definition) is 1. The van der Waals surface area contributed by atoms with Gasteiger partial charge in [-0.25, -0.2) is 4.79 Å². The van der Waals surface area contributed by atoms with Crippen molar-refractivity contribution < 1.29 is 14.8 Å². The molecule has 0 atom stereocenters. The molecule has 0 bridgehead atoms. The van der Waals surface area contributed by atoms with Gasteiger partial charge in [0.2, 0.25) is 6.54 Å². The SMILES string of the molecule is O=C(O)c1c(CBr)cccc1C[N+](=O)[O-]. The molecule has 15 heavy (non-hydrogen) atoms. The van der Waals surface area contributed by atoms with Crippen molar-refractivity contribution in [3.05, 3.63) is 45.0 Å². The first-order valence-electron chi connectivity index (χ1n) is 4.08. The molecule has 0 aromatic heterocycles. The van der Waals surface area contributed by atoms with Gasteiger partial charge in [0, 0.05) is 15.8 Å². The molecule has 0 saturated carbocycles. The highest BCUT2D eigenvalue weighted by molar-refractivity contribution is 9.08. The maximum atomic E-state index is 10.9. The van der Waals surface area contributed by atoms with Crippen LogP contribution in [-0.4, -0.2) is 16.0 Å². The summed E-state index contributed by atoms with van der Waals surface area (Å²) in [6.45, 7) is -0.470. The molecule has 6 heteroatoms. The lowest BCUT2D eigenvalue weighted by atomic mass is 10.0. The third-order valence-corrected chi connectivity index (χ3v) is 2.50. The van der Waals surface area contributed by atoms with Crippen LogP contribution in [0.25, 0.3) is 0 Å². The van der Waals surface area contributed by atoms with Crippen LogP contribution in [0, 0.1) is 10.1 Å². The van der Waals surface area contributed by atoms with Gasteiger partial charge in [-0.05, 0) is 5.56 Å². The summed E-state index contributed by atoms with van der Waals surface area (Å²) in [5, 5.41) is 19.7. The fourth-order valence-electron chi connectivity index (χ4n) is 1.31. The fourth-order valence-corrected chi connectivity index (χ4v) is 1.78. The molecular weight excluding hydrogens is 266 g/mol. The van der Waals surface area contributed by atoms with E-state index in [1.54, 1.807) is 12.1 Å². The van der Waals surface area contributed by atoms with Crippen molar-refractivity contribution in [1.82, 2.24) is 0 Å². The molecule has 0 fully saturated rings. The van der Waals surface area contributed by atoms with E-state index in [4.69, 9.17) is 5.11 Å². The quantitative estimate of drug-likeness (QED) is 0.517. The summed E-state index contributed by atoms with van der Waals surface area (Å²) < 4.78 is 0. The van der Waals surface area contributed by atoms with E-state index in [0.717, 1.165) is 0 Å². The van der Waals surface area contributed by atoms with Crippen LogP contribution in [-0.2, 0) is 11.9 Å². The summed E-state index contributed by atoms with van der Waals surface area (Å²) in [6.07, 6.45) is 0. The first-order chi connectivity index (χ1) is 7.06. The summed E-state index contributed by atoms with van der Waals surface area (Å²) in [5.41, 5.74) is 0.789. The number of benzene rings is 1. The Bertz CT molecular complexity index is 405. The number of nitro groups is 1. The number of alkyl halides is 1. The standard InChI is InChI=1S/C9H8BrNO4/c10-4-6-2-1-3-7(5-11(14)15)8(6)9(12)13/h1-3H,4-5H2,(H,12,13). The third-order valence-electron chi connectivity index (χ3n) is 1.89. The zero-order valence-electron chi connectivity index (χ0n) is 7.64. The second-order valence-corrected chi connectivity index (χ2v) is 3.44. The molecule has 80 valence electrons. The number of hydrogen-bond acceptors (Lipinski definition) is 3. The Kier molecular flexibility index (Phi) is 3.79. The highest BCUT2D eigenvalue weighted by Crippen LogP contribution is 2.18. The van der Waals surface area contributed by atoms with Crippen LogP contribution in [0.4, 0.5) is 0 Å². The zero-order chi connectivity index (χ0) is 11.4. The van der Waals surface area contributed by atoms with E-state index in [1.807, 2.05) is 0 Å². The molecule has 0 spiro atoms. The highest BCUT2D eigenvalue weighted by atomic mass is 79.9. The first-order valence-corrected chi connectivity index (χ1v) is 5.20. The average Bonchev–Trinajstić information content (AvgIpc) is 2.15. The Hall–Kier alpha value is -1.43. The van der Waals surface area contributed by atoms with Crippen molar-refractivity contribution in [2.24, 2.45) is 0 Å². The van der Waals surface area contributed by atoms with Crippen molar-refractivity contribution in [3.8, 4) is 0 Å². The van der Waals surface area contributed by atoms with Gasteiger partial charge in [0.05, 0.1) is 5.56 Å². The molecule has 0 radical (unpaired) electrons. The number of nitrogens with zero attached hydrogens (tertiary/aromatic N) is 1. The van der Waals surface area contributed by atoms with E-state index in [9.17, 15) is 14.9 Å². The lowest BCUT2D eigenvalue weighted by molar-refractivity contribution is -0.496. The Morgan fingerprint density at radius 1 is 1.47 bits per heavy atom. The molecule has 1 aromatic carbocycles. The van der Waals surface area contributed by atoms with E-state index in [1.165, 1.54) is 6.07 Å². The summed E-state index contributed by atoms with van der Waals surface area (Å²) in [4.78, 5) is 20.7. The van der Waals surface area contributed by atoms with Gasteiger partial charge < -0.3 is 5.11 Å². The number of aromatic carboxylic acids is 1. The van der Waals surface area contributed by atoms with Gasteiger partial charge in [-0.3, -0.25) is 10.1 Å². The largest absolute Gasteiger partial charge is 0.478 e. The average molecular weight is 274 g/mol. The number of rotatable bonds is 4. The van der Waals surface area contributed by atoms with Crippen LogP contribution in [0.15, 0.2) is 18.2 Å². The zero-order valence-corrected chi connectivity index (χ0v) is 9.23. The summed E-state index contributed by atoms with van der Waals surface area (Å²) in [5.74, 6) is -1.14. The first kappa shape index (κ1) is 11.6. The minimum atomic E-state index is -1.14. The van der Waals surface area contributed by atoms with Gasteiger partial charge in [-0.1, -0.05) is 34.1 Å². The Morgan fingerprint density at radius 2 is 2.07 bits per heavy atom. The summed E-state index contributed by atoms with van der Waals surface area (Å²) >= 11 is 3.14. The second kappa shape index (κ2) is 4.88. The Morgan fingerprint density at radius 3 is 2.53 bits per heavy atom. The van der Waals surface area contributed by atoms with Gasteiger partial charge in [-0.15, -0.1) is 0 Å². The third kappa shape index (κ3) is 2.76. The van der Waals surface area contributed by atoms with E-state index >= 15 is 0 Å². The summed E-state index contributed by atoms with van der Waals surface area (Å²) in [7, 11) is 0. The van der Waals surface area contributed by atoms with Crippen LogP contribution in [0.2, 0.25) is 0 Å². The van der Waals surface area contributed by atoms with E-state index in [2.05, 4.69) is 15.9 Å². The number of carboxylic acids is 1. The van der Waals surface area contributed by atoms with E-state index in [0.29, 0.717) is 10.9 Å². The van der Waals surface area contributed by atoms with Crippen LogP contribution in [0.1, 0.15) is 21.5 Å². The smallest absolute Gasteiger partial charge is 0.336 e. The van der Waals surface area contributed by atoms with Crippen LogP contribution < -0.4 is 0 Å². The Labute approximate surface area is 94.0 Å². The Balaban J connectivity index is 3.25. The molecule has 1 aromatic rings. The number of halogens is 1. The lowest BCUT2D eigenvalue weighted by Crippen LogP contribution is -2.09. The van der Waals surface area contributed by atoms with Crippen molar-refractivity contribution in [3.63, 3.8) is 0 Å². The predicted molar refractivity (Wildman–Crippen MR) is 56.7 cm³/mol. The molecule has 0 saturated heterocycles. The maximum absolute atomic E-state index is 10.9. The summed E-state index contributed by atoms with van der Waals surface area (Å²) in [6, 6.07) is 4.70. The molecule has 0 aliphatic heterocycles. The topological polar surface area (TPSA) is 80.4 Å². The molecule has 0 aliphatic carbocycles.